The van der Waals surface area contributed by atoms with Gasteiger partial charge in [-0.15, -0.1) is 0 Å². The molecule has 0 heterocycles. The van der Waals surface area contributed by atoms with Gasteiger partial charge < -0.3 is 19.5 Å². The normalized spacial score (nSPS) is 14.1. The lowest BCUT2D eigenvalue weighted by Crippen LogP contribution is -2.32. The van der Waals surface area contributed by atoms with Crippen molar-refractivity contribution in [1.82, 2.24) is 5.32 Å². The van der Waals surface area contributed by atoms with Gasteiger partial charge in [0.05, 0.1) is 14.2 Å². The number of nitrogens with one attached hydrogen (secondary N) is 1. The Kier molecular flexibility index (Phi) is 6.00. The number of carbonyl (C=O) groups is 1. The second-order valence-corrected chi connectivity index (χ2v) is 6.45. The Bertz CT molecular complexity index is 736. The number of amides is 1. The molecule has 0 atom stereocenters. The predicted molar refractivity (Wildman–Crippen MR) is 100 cm³/mol. The van der Waals surface area contributed by atoms with E-state index in [-0.39, 0.29) is 5.91 Å². The highest BCUT2D eigenvalue weighted by Gasteiger charge is 2.17. The summed E-state index contributed by atoms with van der Waals surface area (Å²) in [6.45, 7) is 0.355. The molecular formula is C21H25NO4. The monoisotopic (exact) mass is 355 g/mol. The maximum absolute atomic E-state index is 12.3. The Morgan fingerprint density at radius 2 is 1.69 bits per heavy atom. The molecule has 1 N–H and O–H groups in total. The Morgan fingerprint density at radius 3 is 2.35 bits per heavy atom. The lowest BCUT2D eigenvalue weighted by molar-refractivity contribution is 0.0938. The van der Waals surface area contributed by atoms with Crippen LogP contribution in [-0.2, 0) is 6.61 Å². The quantitative estimate of drug-likeness (QED) is 0.817. The van der Waals surface area contributed by atoms with Crippen LogP contribution in [0.2, 0.25) is 0 Å². The smallest absolute Gasteiger partial charge is 0.251 e. The van der Waals surface area contributed by atoms with Gasteiger partial charge in [-0.2, -0.15) is 0 Å². The van der Waals surface area contributed by atoms with Crippen LogP contribution in [0, 0.1) is 0 Å². The van der Waals surface area contributed by atoms with Gasteiger partial charge in [0.1, 0.15) is 23.9 Å². The molecule has 0 bridgehead atoms. The van der Waals surface area contributed by atoms with Gasteiger partial charge in [-0.25, -0.2) is 0 Å². The van der Waals surface area contributed by atoms with Gasteiger partial charge in [0.2, 0.25) is 0 Å². The molecule has 1 fully saturated rings. The van der Waals surface area contributed by atoms with E-state index >= 15 is 0 Å². The van der Waals surface area contributed by atoms with Crippen molar-refractivity contribution in [2.45, 2.75) is 38.3 Å². The molecule has 0 radical (unpaired) electrons. The number of carbonyl (C=O) groups excluding carboxylic acids is 1. The summed E-state index contributed by atoms with van der Waals surface area (Å²) in [5, 5.41) is 3.09. The summed E-state index contributed by atoms with van der Waals surface area (Å²) in [5.41, 5.74) is 1.55. The topological polar surface area (TPSA) is 56.8 Å². The van der Waals surface area contributed by atoms with E-state index in [1.165, 1.54) is 12.8 Å². The van der Waals surface area contributed by atoms with Crippen molar-refractivity contribution in [3.8, 4) is 17.2 Å². The third-order valence-corrected chi connectivity index (χ3v) is 4.69. The first-order chi connectivity index (χ1) is 12.7. The SMILES string of the molecule is COc1ccc(OC)c(COc2ccc(C(=O)NC3CCCC3)cc2)c1. The Labute approximate surface area is 154 Å². The average Bonchev–Trinajstić information content (AvgIpc) is 3.19. The molecular weight excluding hydrogens is 330 g/mol. The zero-order chi connectivity index (χ0) is 18.4. The van der Waals surface area contributed by atoms with E-state index in [4.69, 9.17) is 14.2 Å². The standard InChI is InChI=1S/C21H25NO4/c1-24-19-11-12-20(25-2)16(13-19)14-26-18-9-7-15(8-10-18)21(23)22-17-5-3-4-6-17/h7-13,17H,3-6,14H2,1-2H3,(H,22,23). The van der Waals surface area contributed by atoms with Gasteiger partial charge in [0.25, 0.3) is 5.91 Å². The Morgan fingerprint density at radius 1 is 1.00 bits per heavy atom. The lowest BCUT2D eigenvalue weighted by Gasteiger charge is -2.13. The van der Waals surface area contributed by atoms with E-state index in [9.17, 15) is 4.79 Å². The molecule has 26 heavy (non-hydrogen) atoms. The molecule has 138 valence electrons. The van der Waals surface area contributed by atoms with Crippen LogP contribution in [0.25, 0.3) is 0 Å². The molecule has 0 spiro atoms. The highest BCUT2D eigenvalue weighted by Crippen LogP contribution is 2.25. The molecule has 0 unspecified atom stereocenters. The molecule has 1 aliphatic rings. The van der Waals surface area contributed by atoms with E-state index in [0.29, 0.717) is 24.0 Å². The minimum absolute atomic E-state index is 0.0158. The minimum Gasteiger partial charge on any atom is -0.497 e. The average molecular weight is 355 g/mol. The molecule has 2 aromatic rings. The highest BCUT2D eigenvalue weighted by atomic mass is 16.5. The maximum Gasteiger partial charge on any atom is 0.251 e. The molecule has 0 aromatic heterocycles. The van der Waals surface area contributed by atoms with Crippen LogP contribution in [0.15, 0.2) is 42.5 Å². The number of benzene rings is 2. The minimum atomic E-state index is -0.0158. The van der Waals surface area contributed by atoms with Crippen molar-refractivity contribution < 1.29 is 19.0 Å². The fourth-order valence-corrected chi connectivity index (χ4v) is 3.20. The summed E-state index contributed by atoms with van der Waals surface area (Å²) >= 11 is 0. The van der Waals surface area contributed by atoms with Crippen molar-refractivity contribution in [2.75, 3.05) is 14.2 Å². The molecule has 1 aliphatic carbocycles. The van der Waals surface area contributed by atoms with Crippen LogP contribution >= 0.6 is 0 Å². The number of rotatable bonds is 7. The first kappa shape index (κ1) is 18.1. The van der Waals surface area contributed by atoms with E-state index in [1.807, 2.05) is 30.3 Å². The summed E-state index contributed by atoms with van der Waals surface area (Å²) in [6.07, 6.45) is 4.56. The fourth-order valence-electron chi connectivity index (χ4n) is 3.20. The van der Waals surface area contributed by atoms with Gasteiger partial charge in [-0.1, -0.05) is 12.8 Å². The summed E-state index contributed by atoms with van der Waals surface area (Å²) in [7, 11) is 3.25. The van der Waals surface area contributed by atoms with Crippen LogP contribution in [-0.4, -0.2) is 26.2 Å². The van der Waals surface area contributed by atoms with Gasteiger partial charge in [0.15, 0.2) is 0 Å². The zero-order valence-electron chi connectivity index (χ0n) is 15.3. The second kappa shape index (κ2) is 8.61. The third kappa shape index (κ3) is 4.48. The molecule has 1 saturated carbocycles. The van der Waals surface area contributed by atoms with Gasteiger partial charge in [0, 0.05) is 17.2 Å². The van der Waals surface area contributed by atoms with Crippen LogP contribution < -0.4 is 19.5 Å². The molecule has 1 amide bonds. The van der Waals surface area contributed by atoms with Crippen molar-refractivity contribution in [3.63, 3.8) is 0 Å². The number of ether oxygens (including phenoxy) is 3. The Hall–Kier alpha value is -2.69. The maximum atomic E-state index is 12.3. The summed E-state index contributed by atoms with van der Waals surface area (Å²) in [5.74, 6) is 2.19. The van der Waals surface area contributed by atoms with Gasteiger partial charge in [-0.05, 0) is 55.3 Å². The number of hydrogen-bond donors (Lipinski definition) is 1. The largest absolute Gasteiger partial charge is 0.497 e. The van der Waals surface area contributed by atoms with E-state index in [2.05, 4.69) is 5.32 Å². The molecule has 3 rings (SSSR count). The van der Waals surface area contributed by atoms with Gasteiger partial charge in [-0.3, -0.25) is 4.79 Å². The van der Waals surface area contributed by atoms with E-state index < -0.39 is 0 Å². The van der Waals surface area contributed by atoms with Crippen LogP contribution in [0.4, 0.5) is 0 Å². The van der Waals surface area contributed by atoms with Crippen molar-refractivity contribution in [2.24, 2.45) is 0 Å². The number of hydrogen-bond acceptors (Lipinski definition) is 4. The van der Waals surface area contributed by atoms with Crippen molar-refractivity contribution in [1.29, 1.82) is 0 Å². The molecule has 0 saturated heterocycles. The van der Waals surface area contributed by atoms with Crippen molar-refractivity contribution in [3.05, 3.63) is 53.6 Å². The van der Waals surface area contributed by atoms with Crippen LogP contribution in [0.1, 0.15) is 41.6 Å². The third-order valence-electron chi connectivity index (χ3n) is 4.69. The van der Waals surface area contributed by atoms with E-state index in [0.717, 1.165) is 29.9 Å². The van der Waals surface area contributed by atoms with Crippen molar-refractivity contribution >= 4 is 5.91 Å². The number of methoxy groups -OCH3 is 2. The summed E-state index contributed by atoms with van der Waals surface area (Å²) < 4.78 is 16.4. The van der Waals surface area contributed by atoms with E-state index in [1.54, 1.807) is 26.4 Å². The van der Waals surface area contributed by atoms with Crippen LogP contribution in [0.5, 0.6) is 17.2 Å². The summed E-state index contributed by atoms with van der Waals surface area (Å²) in [6, 6.07) is 13.1. The molecule has 5 nitrogen and oxygen atoms in total. The highest BCUT2D eigenvalue weighted by molar-refractivity contribution is 5.94. The lowest BCUT2D eigenvalue weighted by atomic mass is 10.1. The molecule has 0 aliphatic heterocycles. The molecule has 5 heteroatoms. The first-order valence-electron chi connectivity index (χ1n) is 8.94. The Balaban J connectivity index is 1.60. The zero-order valence-corrected chi connectivity index (χ0v) is 15.3. The molecule has 2 aromatic carbocycles. The van der Waals surface area contributed by atoms with Crippen LogP contribution in [0.3, 0.4) is 0 Å². The van der Waals surface area contributed by atoms with Gasteiger partial charge >= 0.3 is 0 Å². The summed E-state index contributed by atoms with van der Waals surface area (Å²) in [4.78, 5) is 12.3. The first-order valence-corrected chi connectivity index (χ1v) is 8.94. The fraction of sp³-hybridized carbons (Fsp3) is 0.381. The predicted octanol–water partition coefficient (Wildman–Crippen LogP) is 3.96. The second-order valence-electron chi connectivity index (χ2n) is 6.45.